The molecule has 0 fully saturated rings. The molecule has 2 aromatic carbocycles. The summed E-state index contributed by atoms with van der Waals surface area (Å²) in [6.45, 7) is 15.4. The highest BCUT2D eigenvalue weighted by atomic mass is 14.9. The highest BCUT2D eigenvalue weighted by molar-refractivity contribution is 5.74. The highest BCUT2D eigenvalue weighted by Crippen LogP contribution is 2.34. The lowest BCUT2D eigenvalue weighted by Crippen LogP contribution is -2.04. The van der Waals surface area contributed by atoms with Crippen LogP contribution < -0.4 is 5.32 Å². The van der Waals surface area contributed by atoms with Gasteiger partial charge in [0.2, 0.25) is 0 Å². The minimum atomic E-state index is 1.24. The third-order valence-corrected chi connectivity index (χ3v) is 4.73. The SMILES string of the molecule is Cc1cccc(C)c1Nc1c(C)c(C)c(C)c(C)c1C. The second-order valence-electron chi connectivity index (χ2n) is 5.89. The van der Waals surface area contributed by atoms with Gasteiger partial charge in [-0.3, -0.25) is 0 Å². The Bertz CT molecular complexity index is 617. The van der Waals surface area contributed by atoms with Gasteiger partial charge in [0.1, 0.15) is 0 Å². The average molecular weight is 267 g/mol. The van der Waals surface area contributed by atoms with Crippen LogP contribution in [0.3, 0.4) is 0 Å². The number of aryl methyl sites for hydroxylation is 2. The second kappa shape index (κ2) is 5.32. The van der Waals surface area contributed by atoms with E-state index in [1.807, 2.05) is 0 Å². The number of nitrogens with one attached hydrogen (secondary N) is 1. The lowest BCUT2D eigenvalue weighted by atomic mass is 9.92. The first-order chi connectivity index (χ1) is 9.34. The fourth-order valence-corrected chi connectivity index (χ4v) is 2.82. The van der Waals surface area contributed by atoms with E-state index in [4.69, 9.17) is 0 Å². The molecule has 2 rings (SSSR count). The Labute approximate surface area is 123 Å². The van der Waals surface area contributed by atoms with E-state index in [0.717, 1.165) is 0 Å². The van der Waals surface area contributed by atoms with Crippen LogP contribution in [0, 0.1) is 48.5 Å². The standard InChI is InChI=1S/C19H25N/c1-11-9-8-10-12(2)18(11)20-19-16(6)14(4)13(3)15(5)17(19)7/h8-10,20H,1-7H3. The van der Waals surface area contributed by atoms with Crippen molar-refractivity contribution in [2.45, 2.75) is 48.5 Å². The van der Waals surface area contributed by atoms with Crippen molar-refractivity contribution in [3.63, 3.8) is 0 Å². The Morgan fingerprint density at radius 2 is 0.950 bits per heavy atom. The Balaban J connectivity index is 2.61. The van der Waals surface area contributed by atoms with Crippen LogP contribution in [0.25, 0.3) is 0 Å². The van der Waals surface area contributed by atoms with Gasteiger partial charge in [0.25, 0.3) is 0 Å². The molecule has 0 aliphatic heterocycles. The van der Waals surface area contributed by atoms with Crippen molar-refractivity contribution in [1.82, 2.24) is 0 Å². The highest BCUT2D eigenvalue weighted by Gasteiger charge is 2.13. The van der Waals surface area contributed by atoms with Gasteiger partial charge < -0.3 is 5.32 Å². The third-order valence-electron chi connectivity index (χ3n) is 4.73. The number of para-hydroxylation sites is 1. The van der Waals surface area contributed by atoms with Gasteiger partial charge >= 0.3 is 0 Å². The van der Waals surface area contributed by atoms with Gasteiger partial charge in [-0.15, -0.1) is 0 Å². The van der Waals surface area contributed by atoms with Crippen molar-refractivity contribution >= 4 is 11.4 Å². The summed E-state index contributed by atoms with van der Waals surface area (Å²) in [5, 5.41) is 3.69. The zero-order valence-corrected chi connectivity index (χ0v) is 13.7. The maximum Gasteiger partial charge on any atom is 0.0449 e. The molecule has 0 spiro atoms. The molecule has 2 aromatic rings. The van der Waals surface area contributed by atoms with E-state index in [1.165, 1.54) is 50.3 Å². The van der Waals surface area contributed by atoms with E-state index in [0.29, 0.717) is 0 Å². The van der Waals surface area contributed by atoms with Gasteiger partial charge in [-0.1, -0.05) is 18.2 Å². The van der Waals surface area contributed by atoms with Crippen LogP contribution in [-0.4, -0.2) is 0 Å². The van der Waals surface area contributed by atoms with Crippen molar-refractivity contribution in [2.24, 2.45) is 0 Å². The molecule has 0 heterocycles. The second-order valence-corrected chi connectivity index (χ2v) is 5.89. The van der Waals surface area contributed by atoms with Crippen LogP contribution in [0.1, 0.15) is 38.9 Å². The number of hydrogen-bond acceptors (Lipinski definition) is 1. The topological polar surface area (TPSA) is 12.0 Å². The minimum absolute atomic E-state index is 1.24. The summed E-state index contributed by atoms with van der Waals surface area (Å²) < 4.78 is 0. The summed E-state index contributed by atoms with van der Waals surface area (Å²) in [4.78, 5) is 0. The molecule has 0 atom stereocenters. The first kappa shape index (κ1) is 14.6. The summed E-state index contributed by atoms with van der Waals surface area (Å²) in [5.41, 5.74) is 12.0. The van der Waals surface area contributed by atoms with E-state index >= 15 is 0 Å². The van der Waals surface area contributed by atoms with E-state index in [2.05, 4.69) is 72.0 Å². The lowest BCUT2D eigenvalue weighted by Gasteiger charge is -2.21. The van der Waals surface area contributed by atoms with Crippen molar-refractivity contribution in [1.29, 1.82) is 0 Å². The minimum Gasteiger partial charge on any atom is -0.355 e. The predicted octanol–water partition coefficient (Wildman–Crippen LogP) is 5.59. The summed E-state index contributed by atoms with van der Waals surface area (Å²) in [6.07, 6.45) is 0. The van der Waals surface area contributed by atoms with Crippen LogP contribution >= 0.6 is 0 Å². The smallest absolute Gasteiger partial charge is 0.0449 e. The molecule has 0 aromatic heterocycles. The van der Waals surface area contributed by atoms with Gasteiger partial charge in [-0.25, -0.2) is 0 Å². The molecule has 106 valence electrons. The fraction of sp³-hybridized carbons (Fsp3) is 0.368. The largest absolute Gasteiger partial charge is 0.355 e. The number of anilines is 2. The molecule has 1 nitrogen and oxygen atoms in total. The first-order valence-electron chi connectivity index (χ1n) is 7.24. The van der Waals surface area contributed by atoms with Crippen molar-refractivity contribution < 1.29 is 0 Å². The van der Waals surface area contributed by atoms with Crippen molar-refractivity contribution in [3.8, 4) is 0 Å². The molecule has 0 aliphatic rings. The summed E-state index contributed by atoms with van der Waals surface area (Å²) >= 11 is 0. The molecule has 0 radical (unpaired) electrons. The maximum atomic E-state index is 3.69. The Morgan fingerprint density at radius 3 is 1.40 bits per heavy atom. The van der Waals surface area contributed by atoms with Crippen LogP contribution in [0.5, 0.6) is 0 Å². The molecule has 0 saturated heterocycles. The first-order valence-corrected chi connectivity index (χ1v) is 7.24. The van der Waals surface area contributed by atoms with Crippen LogP contribution in [0.2, 0.25) is 0 Å². The van der Waals surface area contributed by atoms with Crippen LogP contribution in [-0.2, 0) is 0 Å². The fourth-order valence-electron chi connectivity index (χ4n) is 2.82. The Hall–Kier alpha value is -1.76. The third kappa shape index (κ3) is 2.33. The summed E-state index contributed by atoms with van der Waals surface area (Å²) in [7, 11) is 0. The van der Waals surface area contributed by atoms with Gasteiger partial charge in [0, 0.05) is 11.4 Å². The van der Waals surface area contributed by atoms with Gasteiger partial charge in [0.05, 0.1) is 0 Å². The van der Waals surface area contributed by atoms with E-state index in [9.17, 15) is 0 Å². The molecular weight excluding hydrogens is 242 g/mol. The average Bonchev–Trinajstić information content (AvgIpc) is 2.42. The Morgan fingerprint density at radius 1 is 0.550 bits per heavy atom. The zero-order valence-electron chi connectivity index (χ0n) is 13.7. The molecule has 0 unspecified atom stereocenters. The molecule has 1 N–H and O–H groups in total. The quantitative estimate of drug-likeness (QED) is 0.748. The normalized spacial score (nSPS) is 10.8. The molecule has 1 heteroatoms. The molecule has 0 saturated carbocycles. The van der Waals surface area contributed by atoms with E-state index in [-0.39, 0.29) is 0 Å². The van der Waals surface area contributed by atoms with Gasteiger partial charge in [0.15, 0.2) is 0 Å². The van der Waals surface area contributed by atoms with Crippen LogP contribution in [0.4, 0.5) is 11.4 Å². The molecule has 20 heavy (non-hydrogen) atoms. The molecule has 0 amide bonds. The molecule has 0 bridgehead atoms. The van der Waals surface area contributed by atoms with Gasteiger partial charge in [-0.05, 0) is 87.4 Å². The summed E-state index contributed by atoms with van der Waals surface area (Å²) in [5.74, 6) is 0. The molecular formula is C19H25N. The summed E-state index contributed by atoms with van der Waals surface area (Å²) in [6, 6.07) is 6.43. The van der Waals surface area contributed by atoms with E-state index in [1.54, 1.807) is 0 Å². The van der Waals surface area contributed by atoms with Crippen molar-refractivity contribution in [3.05, 3.63) is 57.1 Å². The monoisotopic (exact) mass is 267 g/mol. The van der Waals surface area contributed by atoms with Crippen molar-refractivity contribution in [2.75, 3.05) is 5.32 Å². The Kier molecular flexibility index (Phi) is 3.89. The molecule has 0 aliphatic carbocycles. The van der Waals surface area contributed by atoms with Crippen LogP contribution in [0.15, 0.2) is 18.2 Å². The lowest BCUT2D eigenvalue weighted by molar-refractivity contribution is 1.17. The predicted molar refractivity (Wildman–Crippen MR) is 89.3 cm³/mol. The van der Waals surface area contributed by atoms with E-state index < -0.39 is 0 Å². The maximum absolute atomic E-state index is 3.69. The zero-order chi connectivity index (χ0) is 15.0. The van der Waals surface area contributed by atoms with Gasteiger partial charge in [-0.2, -0.15) is 0 Å². The number of benzene rings is 2. The number of hydrogen-bond donors (Lipinski definition) is 1. The number of rotatable bonds is 2.